The molecule has 2 rings (SSSR count). The summed E-state index contributed by atoms with van der Waals surface area (Å²) in [6.07, 6.45) is 2.97. The number of hydrogen-bond acceptors (Lipinski definition) is 1. The molecule has 0 radical (unpaired) electrons. The van der Waals surface area contributed by atoms with Crippen molar-refractivity contribution in [2.24, 2.45) is 5.92 Å². The molecule has 4 heteroatoms. The van der Waals surface area contributed by atoms with Gasteiger partial charge in [0.15, 0.2) is 11.6 Å². The smallest absolute Gasteiger partial charge is 0.161 e. The zero-order chi connectivity index (χ0) is 11.7. The van der Waals surface area contributed by atoms with Crippen LogP contribution in [-0.4, -0.2) is 6.04 Å². The molecule has 0 heterocycles. The van der Waals surface area contributed by atoms with E-state index < -0.39 is 17.5 Å². The molecule has 1 aliphatic carbocycles. The maximum Gasteiger partial charge on any atom is 0.161 e. The second-order valence-electron chi connectivity index (χ2n) is 4.51. The van der Waals surface area contributed by atoms with Crippen LogP contribution in [0.3, 0.4) is 0 Å². The van der Waals surface area contributed by atoms with Gasteiger partial charge >= 0.3 is 0 Å². The summed E-state index contributed by atoms with van der Waals surface area (Å²) < 4.78 is 38.9. The van der Waals surface area contributed by atoms with E-state index in [4.69, 9.17) is 0 Å². The molecule has 16 heavy (non-hydrogen) atoms. The number of hydrogen-bond donors (Lipinski definition) is 1. The van der Waals surface area contributed by atoms with E-state index >= 15 is 0 Å². The fourth-order valence-electron chi connectivity index (χ4n) is 2.19. The van der Waals surface area contributed by atoms with Gasteiger partial charge in [-0.05, 0) is 25.2 Å². The van der Waals surface area contributed by atoms with Gasteiger partial charge in [-0.1, -0.05) is 6.92 Å². The number of nitrogens with one attached hydrogen (secondary N) is 1. The van der Waals surface area contributed by atoms with Crippen LogP contribution in [0, 0.1) is 23.4 Å². The van der Waals surface area contributed by atoms with E-state index in [0.29, 0.717) is 12.0 Å². The lowest BCUT2D eigenvalue weighted by atomic mass is 10.1. The molecule has 1 aromatic rings. The molecular formula is C12H14F3N. The Morgan fingerprint density at radius 1 is 1.06 bits per heavy atom. The summed E-state index contributed by atoms with van der Waals surface area (Å²) in [6, 6.07) is 1.62. The normalized spacial score (nSPS) is 24.8. The van der Waals surface area contributed by atoms with Gasteiger partial charge in [-0.25, -0.2) is 13.2 Å². The van der Waals surface area contributed by atoms with Gasteiger partial charge in [0.2, 0.25) is 0 Å². The van der Waals surface area contributed by atoms with E-state index in [0.717, 1.165) is 25.3 Å². The van der Waals surface area contributed by atoms with Gasteiger partial charge in [0.05, 0.1) is 5.69 Å². The third-order valence-electron chi connectivity index (χ3n) is 3.06. The summed E-state index contributed by atoms with van der Waals surface area (Å²) in [5.41, 5.74) is 0.0537. The van der Waals surface area contributed by atoms with Crippen LogP contribution in [0.25, 0.3) is 0 Å². The topological polar surface area (TPSA) is 12.0 Å². The van der Waals surface area contributed by atoms with E-state index in [1.165, 1.54) is 0 Å². The first-order valence-corrected chi connectivity index (χ1v) is 5.47. The molecule has 1 nitrogen and oxygen atoms in total. The van der Waals surface area contributed by atoms with Crippen LogP contribution in [-0.2, 0) is 0 Å². The molecule has 0 bridgehead atoms. The lowest BCUT2D eigenvalue weighted by molar-refractivity contribution is 0.495. The van der Waals surface area contributed by atoms with Crippen LogP contribution in [0.1, 0.15) is 26.2 Å². The maximum absolute atomic E-state index is 13.3. The van der Waals surface area contributed by atoms with Crippen molar-refractivity contribution < 1.29 is 13.2 Å². The van der Waals surface area contributed by atoms with Crippen LogP contribution in [0.4, 0.5) is 18.9 Å². The summed E-state index contributed by atoms with van der Waals surface area (Å²) in [6.45, 7) is 2.13. The first-order valence-electron chi connectivity index (χ1n) is 5.47. The summed E-state index contributed by atoms with van der Waals surface area (Å²) in [5, 5.41) is 2.93. The maximum atomic E-state index is 13.3. The zero-order valence-electron chi connectivity index (χ0n) is 9.06. The molecule has 88 valence electrons. The Hall–Kier alpha value is -1.19. The predicted octanol–water partition coefficient (Wildman–Crippen LogP) is 3.70. The van der Waals surface area contributed by atoms with Gasteiger partial charge in [0, 0.05) is 18.2 Å². The molecule has 0 spiro atoms. The van der Waals surface area contributed by atoms with E-state index in [9.17, 15) is 13.2 Å². The van der Waals surface area contributed by atoms with Crippen molar-refractivity contribution in [2.75, 3.05) is 5.32 Å². The van der Waals surface area contributed by atoms with E-state index in [-0.39, 0.29) is 11.7 Å². The Balaban J connectivity index is 2.12. The average Bonchev–Trinajstić information content (AvgIpc) is 2.60. The fourth-order valence-corrected chi connectivity index (χ4v) is 2.19. The van der Waals surface area contributed by atoms with Crippen molar-refractivity contribution in [3.05, 3.63) is 29.6 Å². The molecule has 1 fully saturated rings. The quantitative estimate of drug-likeness (QED) is 0.762. The molecule has 0 saturated heterocycles. The van der Waals surface area contributed by atoms with Crippen molar-refractivity contribution in [3.63, 3.8) is 0 Å². The number of benzene rings is 1. The molecular weight excluding hydrogens is 215 g/mol. The summed E-state index contributed by atoms with van der Waals surface area (Å²) in [5.74, 6) is -2.30. The summed E-state index contributed by atoms with van der Waals surface area (Å²) in [4.78, 5) is 0. The minimum absolute atomic E-state index is 0.0537. The van der Waals surface area contributed by atoms with Gasteiger partial charge in [-0.2, -0.15) is 0 Å². The van der Waals surface area contributed by atoms with Crippen molar-refractivity contribution in [1.82, 2.24) is 0 Å². The lowest BCUT2D eigenvalue weighted by Crippen LogP contribution is -2.16. The second-order valence-corrected chi connectivity index (χ2v) is 4.51. The molecule has 0 aromatic heterocycles. The molecule has 2 atom stereocenters. The first-order chi connectivity index (χ1) is 7.56. The van der Waals surface area contributed by atoms with Crippen LogP contribution in [0.15, 0.2) is 12.1 Å². The molecule has 0 amide bonds. The summed E-state index contributed by atoms with van der Waals surface area (Å²) in [7, 11) is 0. The van der Waals surface area contributed by atoms with E-state index in [1.54, 1.807) is 0 Å². The monoisotopic (exact) mass is 229 g/mol. The standard InChI is InChI=1S/C12H14F3N/c1-7-2-3-8(4-7)16-12-6-10(14)9(13)5-11(12)15/h5-8,16H,2-4H2,1H3. The molecule has 1 aromatic carbocycles. The lowest BCUT2D eigenvalue weighted by Gasteiger charge is -2.14. The van der Waals surface area contributed by atoms with E-state index in [1.807, 2.05) is 0 Å². The van der Waals surface area contributed by atoms with Crippen molar-refractivity contribution in [2.45, 2.75) is 32.2 Å². The molecule has 0 aliphatic heterocycles. The Bertz CT molecular complexity index is 392. The number of halogens is 3. The van der Waals surface area contributed by atoms with E-state index in [2.05, 4.69) is 12.2 Å². The van der Waals surface area contributed by atoms with Crippen LogP contribution in [0.2, 0.25) is 0 Å². The number of anilines is 1. The van der Waals surface area contributed by atoms with Gasteiger partial charge < -0.3 is 5.32 Å². The number of rotatable bonds is 2. The average molecular weight is 229 g/mol. The SMILES string of the molecule is CC1CCC(Nc2cc(F)c(F)cc2F)C1. The molecule has 1 aliphatic rings. The third kappa shape index (κ3) is 2.31. The molecule has 1 saturated carbocycles. The van der Waals surface area contributed by atoms with Gasteiger partial charge in [-0.15, -0.1) is 0 Å². The summed E-state index contributed by atoms with van der Waals surface area (Å²) >= 11 is 0. The first kappa shape index (κ1) is 11.3. The Labute approximate surface area is 92.7 Å². The Kier molecular flexibility index (Phi) is 3.08. The van der Waals surface area contributed by atoms with Crippen molar-refractivity contribution in [3.8, 4) is 0 Å². The molecule has 2 unspecified atom stereocenters. The minimum atomic E-state index is -1.15. The predicted molar refractivity (Wildman–Crippen MR) is 56.7 cm³/mol. The van der Waals surface area contributed by atoms with Gasteiger partial charge in [0.25, 0.3) is 0 Å². The minimum Gasteiger partial charge on any atom is -0.380 e. The Morgan fingerprint density at radius 3 is 2.38 bits per heavy atom. The highest BCUT2D eigenvalue weighted by Crippen LogP contribution is 2.28. The van der Waals surface area contributed by atoms with Crippen LogP contribution in [0.5, 0.6) is 0 Å². The van der Waals surface area contributed by atoms with Crippen molar-refractivity contribution in [1.29, 1.82) is 0 Å². The fraction of sp³-hybridized carbons (Fsp3) is 0.500. The van der Waals surface area contributed by atoms with Crippen LogP contribution < -0.4 is 5.32 Å². The third-order valence-corrected chi connectivity index (χ3v) is 3.06. The van der Waals surface area contributed by atoms with Gasteiger partial charge in [-0.3, -0.25) is 0 Å². The second kappa shape index (κ2) is 4.36. The van der Waals surface area contributed by atoms with Crippen LogP contribution >= 0.6 is 0 Å². The van der Waals surface area contributed by atoms with Gasteiger partial charge in [0.1, 0.15) is 5.82 Å². The Morgan fingerprint density at radius 2 is 1.75 bits per heavy atom. The molecule has 1 N–H and O–H groups in total. The highest BCUT2D eigenvalue weighted by Gasteiger charge is 2.22. The zero-order valence-corrected chi connectivity index (χ0v) is 9.06. The highest BCUT2D eigenvalue weighted by molar-refractivity contribution is 5.46. The highest BCUT2D eigenvalue weighted by atomic mass is 19.2. The largest absolute Gasteiger partial charge is 0.380 e. The van der Waals surface area contributed by atoms with Crippen molar-refractivity contribution >= 4 is 5.69 Å².